The predicted octanol–water partition coefficient (Wildman–Crippen LogP) is 0.780. The molecule has 0 unspecified atom stereocenters. The van der Waals surface area contributed by atoms with Crippen molar-refractivity contribution in [1.29, 1.82) is 0 Å². The van der Waals surface area contributed by atoms with E-state index < -0.39 is 4.92 Å². The van der Waals surface area contributed by atoms with Crippen LogP contribution in [-0.2, 0) is 0 Å². The molecule has 0 aliphatic rings. The number of oxime groups is 1. The first-order valence-corrected chi connectivity index (χ1v) is 3.94. The lowest BCUT2D eigenvalue weighted by molar-refractivity contribution is -0.384. The van der Waals surface area contributed by atoms with Crippen molar-refractivity contribution in [3.63, 3.8) is 0 Å². The first kappa shape index (κ1) is 10.2. The molecule has 1 aromatic carbocycles. The van der Waals surface area contributed by atoms with Gasteiger partial charge in [0.1, 0.15) is 7.28 Å². The van der Waals surface area contributed by atoms with Gasteiger partial charge in [-0.15, -0.1) is 0 Å². The number of hydrogen-bond acceptors (Lipinski definition) is 4. The van der Waals surface area contributed by atoms with Gasteiger partial charge in [0.2, 0.25) is 0 Å². The van der Waals surface area contributed by atoms with E-state index in [0.717, 1.165) is 5.46 Å². The molecule has 1 aromatic rings. The van der Waals surface area contributed by atoms with Crippen LogP contribution in [0.4, 0.5) is 5.69 Å². The van der Waals surface area contributed by atoms with Gasteiger partial charge in [-0.2, -0.15) is 0 Å². The molecule has 6 heteroatoms. The van der Waals surface area contributed by atoms with Gasteiger partial charge in [-0.05, 0) is 5.56 Å². The van der Waals surface area contributed by atoms with Crippen LogP contribution < -0.4 is 5.46 Å². The molecule has 0 saturated heterocycles. The summed E-state index contributed by atoms with van der Waals surface area (Å²) in [5.41, 5.74) is 1.28. The van der Waals surface area contributed by atoms with E-state index in [1.54, 1.807) is 20.2 Å². The van der Waals surface area contributed by atoms with Crippen molar-refractivity contribution >= 4 is 24.6 Å². The molecule has 0 fully saturated rings. The normalized spacial score (nSPS) is 10.4. The minimum atomic E-state index is -0.492. The van der Waals surface area contributed by atoms with Crippen molar-refractivity contribution < 1.29 is 10.1 Å². The van der Waals surface area contributed by atoms with Crippen LogP contribution in [0.3, 0.4) is 0 Å². The second kappa shape index (κ2) is 4.41. The first-order valence-electron chi connectivity index (χ1n) is 3.94. The summed E-state index contributed by atoms with van der Waals surface area (Å²) < 4.78 is 0. The minimum absolute atomic E-state index is 0.0227. The Hall–Kier alpha value is -1.85. The Morgan fingerprint density at radius 3 is 2.86 bits per heavy atom. The van der Waals surface area contributed by atoms with E-state index in [1.807, 2.05) is 0 Å². The van der Waals surface area contributed by atoms with Crippen LogP contribution in [0.5, 0.6) is 0 Å². The zero-order chi connectivity index (χ0) is 10.6. The summed E-state index contributed by atoms with van der Waals surface area (Å²) in [5.74, 6) is 0. The van der Waals surface area contributed by atoms with Gasteiger partial charge in [0.25, 0.3) is 5.69 Å². The van der Waals surface area contributed by atoms with Crippen LogP contribution in [0, 0.1) is 10.1 Å². The highest BCUT2D eigenvalue weighted by molar-refractivity contribution is 6.53. The lowest BCUT2D eigenvalue weighted by Gasteiger charge is -2.00. The van der Waals surface area contributed by atoms with E-state index in [-0.39, 0.29) is 5.69 Å². The van der Waals surface area contributed by atoms with Gasteiger partial charge >= 0.3 is 0 Å². The Bertz CT molecular complexity index is 379. The standard InChI is InChI=1S/C8H8BN2O3/c1-9-8-3-2-7(11(13)14)4-6(8)5-10-12/h2-5,12H,1H3/b10-5+. The van der Waals surface area contributed by atoms with Crippen LogP contribution in [0.1, 0.15) is 5.56 Å². The number of rotatable bonds is 3. The topological polar surface area (TPSA) is 75.7 Å². The van der Waals surface area contributed by atoms with Gasteiger partial charge in [-0.1, -0.05) is 23.5 Å². The maximum atomic E-state index is 10.4. The summed E-state index contributed by atoms with van der Waals surface area (Å²) in [7, 11) is 1.78. The monoisotopic (exact) mass is 191 g/mol. The third-order valence-corrected chi connectivity index (χ3v) is 1.79. The Morgan fingerprint density at radius 2 is 2.36 bits per heavy atom. The fourth-order valence-corrected chi connectivity index (χ4v) is 1.11. The summed E-state index contributed by atoms with van der Waals surface area (Å²) in [4.78, 5) is 9.95. The molecular formula is C8H8BN2O3. The van der Waals surface area contributed by atoms with Crippen LogP contribution >= 0.6 is 0 Å². The van der Waals surface area contributed by atoms with E-state index >= 15 is 0 Å². The van der Waals surface area contributed by atoms with Gasteiger partial charge in [0.15, 0.2) is 0 Å². The molecule has 0 spiro atoms. The molecule has 1 rings (SSSR count). The fraction of sp³-hybridized carbons (Fsp3) is 0.125. The summed E-state index contributed by atoms with van der Waals surface area (Å²) in [5, 5.41) is 21.6. The van der Waals surface area contributed by atoms with Gasteiger partial charge in [-0.25, -0.2) is 0 Å². The number of hydrogen-bond donors (Lipinski definition) is 1. The Kier molecular flexibility index (Phi) is 3.22. The van der Waals surface area contributed by atoms with E-state index in [4.69, 9.17) is 5.21 Å². The summed E-state index contributed by atoms with van der Waals surface area (Å²) in [6.45, 7) is 1.80. The number of nitro benzene ring substituents is 1. The molecule has 0 aliphatic carbocycles. The molecule has 0 aromatic heterocycles. The number of nitro groups is 1. The molecule has 14 heavy (non-hydrogen) atoms. The summed E-state index contributed by atoms with van der Waals surface area (Å²) in [6, 6.07) is 4.37. The Labute approximate surface area is 81.4 Å². The van der Waals surface area contributed by atoms with Crippen molar-refractivity contribution in [2.24, 2.45) is 5.16 Å². The number of benzene rings is 1. The average molecular weight is 191 g/mol. The van der Waals surface area contributed by atoms with E-state index in [1.165, 1.54) is 18.3 Å². The van der Waals surface area contributed by atoms with Gasteiger partial charge in [-0.3, -0.25) is 10.1 Å². The lowest BCUT2D eigenvalue weighted by atomic mass is 9.71. The Balaban J connectivity index is 3.20. The minimum Gasteiger partial charge on any atom is -0.411 e. The second-order valence-electron chi connectivity index (χ2n) is 2.60. The van der Waals surface area contributed by atoms with Crippen LogP contribution in [-0.4, -0.2) is 23.6 Å². The molecule has 0 bridgehead atoms. The fourth-order valence-electron chi connectivity index (χ4n) is 1.11. The molecule has 0 atom stereocenters. The first-order chi connectivity index (χ1) is 6.69. The summed E-state index contributed by atoms with van der Waals surface area (Å²) >= 11 is 0. The third-order valence-electron chi connectivity index (χ3n) is 1.79. The van der Waals surface area contributed by atoms with Crippen molar-refractivity contribution in [1.82, 2.24) is 0 Å². The lowest BCUT2D eigenvalue weighted by Crippen LogP contribution is -2.16. The van der Waals surface area contributed by atoms with E-state index in [9.17, 15) is 10.1 Å². The molecule has 0 heterocycles. The van der Waals surface area contributed by atoms with E-state index in [0.29, 0.717) is 5.56 Å². The van der Waals surface area contributed by atoms with Gasteiger partial charge in [0, 0.05) is 12.1 Å². The van der Waals surface area contributed by atoms with Crippen molar-refractivity contribution in [2.75, 3.05) is 0 Å². The zero-order valence-corrected chi connectivity index (χ0v) is 7.54. The number of nitrogens with zero attached hydrogens (tertiary/aromatic N) is 2. The SMILES string of the molecule is C[B]c1ccc([N+](=O)[O-])cc1/C=N/O. The maximum Gasteiger partial charge on any atom is 0.270 e. The smallest absolute Gasteiger partial charge is 0.270 e. The molecule has 0 aliphatic heterocycles. The van der Waals surface area contributed by atoms with E-state index in [2.05, 4.69) is 5.16 Å². The van der Waals surface area contributed by atoms with Crippen molar-refractivity contribution in [3.8, 4) is 0 Å². The molecule has 0 saturated carbocycles. The molecule has 1 radical (unpaired) electrons. The molecular weight excluding hydrogens is 183 g/mol. The second-order valence-corrected chi connectivity index (χ2v) is 2.60. The summed E-state index contributed by atoms with van der Waals surface area (Å²) in [6.07, 6.45) is 1.17. The molecule has 0 amide bonds. The van der Waals surface area contributed by atoms with Gasteiger partial charge in [0.05, 0.1) is 11.1 Å². The predicted molar refractivity (Wildman–Crippen MR) is 53.7 cm³/mol. The third kappa shape index (κ3) is 2.10. The Morgan fingerprint density at radius 1 is 1.64 bits per heavy atom. The molecule has 5 nitrogen and oxygen atoms in total. The average Bonchev–Trinajstić information content (AvgIpc) is 2.18. The van der Waals surface area contributed by atoms with Crippen LogP contribution in [0.25, 0.3) is 0 Å². The maximum absolute atomic E-state index is 10.4. The zero-order valence-electron chi connectivity index (χ0n) is 7.54. The molecule has 71 valence electrons. The highest BCUT2D eigenvalue weighted by Crippen LogP contribution is 2.10. The largest absolute Gasteiger partial charge is 0.411 e. The number of non-ortho nitro benzene ring substituents is 1. The van der Waals surface area contributed by atoms with Crippen LogP contribution in [0.2, 0.25) is 6.82 Å². The highest BCUT2D eigenvalue weighted by Gasteiger charge is 2.08. The van der Waals surface area contributed by atoms with Crippen molar-refractivity contribution in [3.05, 3.63) is 33.9 Å². The van der Waals surface area contributed by atoms with Crippen LogP contribution in [0.15, 0.2) is 23.4 Å². The molecule has 1 N–H and O–H groups in total. The quantitative estimate of drug-likeness (QED) is 0.252. The highest BCUT2D eigenvalue weighted by atomic mass is 16.6. The van der Waals surface area contributed by atoms with Crippen molar-refractivity contribution in [2.45, 2.75) is 6.82 Å². The van der Waals surface area contributed by atoms with Gasteiger partial charge < -0.3 is 5.21 Å².